The van der Waals surface area contributed by atoms with Gasteiger partial charge in [0.1, 0.15) is 0 Å². The second kappa shape index (κ2) is 5.54. The molecule has 2 fully saturated rings. The van der Waals surface area contributed by atoms with Crippen LogP contribution < -0.4 is 5.32 Å². The van der Waals surface area contributed by atoms with Crippen LogP contribution in [0.25, 0.3) is 0 Å². The van der Waals surface area contributed by atoms with E-state index in [1.165, 1.54) is 0 Å². The Morgan fingerprint density at radius 1 is 1.24 bits per heavy atom. The highest BCUT2D eigenvalue weighted by Crippen LogP contribution is 2.34. The van der Waals surface area contributed by atoms with E-state index in [9.17, 15) is 13.2 Å². The van der Waals surface area contributed by atoms with Gasteiger partial charge < -0.3 is 15.0 Å². The number of nitrogens with one attached hydrogen (secondary N) is 1. The lowest BCUT2D eigenvalue weighted by Gasteiger charge is -2.35. The maximum Gasteiger partial charge on any atom is 0.391 e. The molecule has 0 amide bonds. The summed E-state index contributed by atoms with van der Waals surface area (Å²) in [4.78, 5) is 2.08. The fraction of sp³-hybridized carbons (Fsp3) is 1.00. The molecule has 0 aromatic heterocycles. The summed E-state index contributed by atoms with van der Waals surface area (Å²) >= 11 is 0. The standard InChI is InChI=1S/C11H19F3N2O/c12-11(13,14)9-1-4-16(5-2-9)8-10-7-15-3-6-17-10/h9-10,15H,1-8H2. The van der Waals surface area contributed by atoms with E-state index in [-0.39, 0.29) is 18.9 Å². The van der Waals surface area contributed by atoms with Crippen LogP contribution in [0.1, 0.15) is 12.8 Å². The summed E-state index contributed by atoms with van der Waals surface area (Å²) in [7, 11) is 0. The van der Waals surface area contributed by atoms with Crippen molar-refractivity contribution in [2.45, 2.75) is 25.1 Å². The van der Waals surface area contributed by atoms with Crippen molar-refractivity contribution in [1.29, 1.82) is 0 Å². The lowest BCUT2D eigenvalue weighted by atomic mass is 9.96. The predicted molar refractivity (Wildman–Crippen MR) is 57.8 cm³/mol. The fourth-order valence-electron chi connectivity index (χ4n) is 2.47. The Kier molecular flexibility index (Phi) is 4.27. The third kappa shape index (κ3) is 3.82. The summed E-state index contributed by atoms with van der Waals surface area (Å²) in [5.41, 5.74) is 0. The minimum absolute atomic E-state index is 0.131. The molecular weight excluding hydrogens is 233 g/mol. The van der Waals surface area contributed by atoms with Crippen LogP contribution >= 0.6 is 0 Å². The van der Waals surface area contributed by atoms with Crippen LogP contribution in [0.15, 0.2) is 0 Å². The van der Waals surface area contributed by atoms with E-state index in [0.29, 0.717) is 19.7 Å². The van der Waals surface area contributed by atoms with Gasteiger partial charge in [-0.1, -0.05) is 0 Å². The number of alkyl halides is 3. The Hall–Kier alpha value is -0.330. The van der Waals surface area contributed by atoms with Crippen molar-refractivity contribution in [3.63, 3.8) is 0 Å². The maximum absolute atomic E-state index is 12.5. The zero-order valence-corrected chi connectivity index (χ0v) is 9.80. The van der Waals surface area contributed by atoms with Gasteiger partial charge >= 0.3 is 6.18 Å². The average Bonchev–Trinajstić information content (AvgIpc) is 2.30. The maximum atomic E-state index is 12.5. The van der Waals surface area contributed by atoms with Crippen LogP contribution in [0, 0.1) is 5.92 Å². The minimum Gasteiger partial charge on any atom is -0.374 e. The summed E-state index contributed by atoms with van der Waals surface area (Å²) in [5.74, 6) is -1.11. The number of likely N-dealkylation sites (tertiary alicyclic amines) is 1. The van der Waals surface area contributed by atoms with Gasteiger partial charge in [-0.25, -0.2) is 0 Å². The highest BCUT2D eigenvalue weighted by molar-refractivity contribution is 4.80. The average molecular weight is 252 g/mol. The van der Waals surface area contributed by atoms with Gasteiger partial charge in [-0.2, -0.15) is 13.2 Å². The van der Waals surface area contributed by atoms with Crippen molar-refractivity contribution >= 4 is 0 Å². The van der Waals surface area contributed by atoms with Crippen LogP contribution in [0.3, 0.4) is 0 Å². The van der Waals surface area contributed by atoms with Crippen LogP contribution in [0.5, 0.6) is 0 Å². The molecule has 3 nitrogen and oxygen atoms in total. The SMILES string of the molecule is FC(F)(F)C1CCN(CC2CNCCO2)CC1. The zero-order chi connectivity index (χ0) is 12.3. The first-order chi connectivity index (χ1) is 8.05. The monoisotopic (exact) mass is 252 g/mol. The van der Waals surface area contributed by atoms with Gasteiger partial charge in [-0.05, 0) is 25.9 Å². The van der Waals surface area contributed by atoms with Crippen molar-refractivity contribution in [2.75, 3.05) is 39.3 Å². The summed E-state index contributed by atoms with van der Waals surface area (Å²) in [6.45, 7) is 4.18. The molecule has 0 bridgehead atoms. The Balaban J connectivity index is 1.71. The number of piperidine rings is 1. The summed E-state index contributed by atoms with van der Waals surface area (Å²) in [6, 6.07) is 0. The number of rotatable bonds is 2. The van der Waals surface area contributed by atoms with Gasteiger partial charge in [0.15, 0.2) is 0 Å². The molecule has 100 valence electrons. The van der Waals surface area contributed by atoms with Gasteiger partial charge in [0.25, 0.3) is 0 Å². The van der Waals surface area contributed by atoms with E-state index in [1.807, 2.05) is 0 Å². The van der Waals surface area contributed by atoms with Gasteiger partial charge in [0.2, 0.25) is 0 Å². The third-order valence-corrected chi connectivity index (χ3v) is 3.52. The highest BCUT2D eigenvalue weighted by atomic mass is 19.4. The van der Waals surface area contributed by atoms with Gasteiger partial charge in [0.05, 0.1) is 18.6 Å². The van der Waals surface area contributed by atoms with E-state index in [2.05, 4.69) is 10.2 Å². The molecule has 1 atom stereocenters. The quantitative estimate of drug-likeness (QED) is 0.800. The van der Waals surface area contributed by atoms with E-state index >= 15 is 0 Å². The van der Waals surface area contributed by atoms with E-state index in [0.717, 1.165) is 19.6 Å². The first-order valence-electron chi connectivity index (χ1n) is 6.17. The smallest absolute Gasteiger partial charge is 0.374 e. The third-order valence-electron chi connectivity index (χ3n) is 3.52. The molecule has 1 unspecified atom stereocenters. The number of halogens is 3. The molecule has 0 aromatic carbocycles. The Morgan fingerprint density at radius 3 is 2.47 bits per heavy atom. The number of hydrogen-bond acceptors (Lipinski definition) is 3. The van der Waals surface area contributed by atoms with Crippen LogP contribution in [0.4, 0.5) is 13.2 Å². The summed E-state index contributed by atoms with van der Waals surface area (Å²) in [5, 5.41) is 3.23. The van der Waals surface area contributed by atoms with Gasteiger partial charge in [0, 0.05) is 19.6 Å². The van der Waals surface area contributed by atoms with Crippen molar-refractivity contribution < 1.29 is 17.9 Å². The molecule has 2 heterocycles. The summed E-state index contributed by atoms with van der Waals surface area (Å²) < 4.78 is 43.0. The van der Waals surface area contributed by atoms with Crippen LogP contribution in [0.2, 0.25) is 0 Å². The Labute approximate surface area is 99.3 Å². The van der Waals surface area contributed by atoms with Crippen molar-refractivity contribution in [3.05, 3.63) is 0 Å². The lowest BCUT2D eigenvalue weighted by Crippen LogP contribution is -2.48. The molecule has 0 aliphatic carbocycles. The molecule has 2 rings (SSSR count). The molecule has 0 spiro atoms. The molecule has 1 N–H and O–H groups in total. The fourth-order valence-corrected chi connectivity index (χ4v) is 2.47. The Morgan fingerprint density at radius 2 is 1.94 bits per heavy atom. The number of hydrogen-bond donors (Lipinski definition) is 1. The second-order valence-corrected chi connectivity index (χ2v) is 4.81. The normalized spacial score (nSPS) is 29.5. The zero-order valence-electron chi connectivity index (χ0n) is 9.80. The minimum atomic E-state index is -4.02. The van der Waals surface area contributed by atoms with E-state index < -0.39 is 12.1 Å². The van der Waals surface area contributed by atoms with Gasteiger partial charge in [-0.3, -0.25) is 0 Å². The molecule has 17 heavy (non-hydrogen) atoms. The molecule has 2 aliphatic rings. The molecule has 2 aliphatic heterocycles. The predicted octanol–water partition coefficient (Wildman–Crippen LogP) is 1.25. The number of morpholine rings is 1. The van der Waals surface area contributed by atoms with Crippen molar-refractivity contribution in [2.24, 2.45) is 5.92 Å². The number of ether oxygens (including phenoxy) is 1. The first kappa shape index (κ1) is 13.1. The molecule has 0 aromatic rings. The van der Waals surface area contributed by atoms with E-state index in [4.69, 9.17) is 4.74 Å². The van der Waals surface area contributed by atoms with Gasteiger partial charge in [-0.15, -0.1) is 0 Å². The van der Waals surface area contributed by atoms with Crippen LogP contribution in [-0.4, -0.2) is 56.5 Å². The molecular formula is C11H19F3N2O. The largest absolute Gasteiger partial charge is 0.391 e. The number of nitrogens with zero attached hydrogens (tertiary/aromatic N) is 1. The molecule has 2 saturated heterocycles. The molecule has 0 saturated carbocycles. The first-order valence-corrected chi connectivity index (χ1v) is 6.17. The Bertz CT molecular complexity index is 233. The lowest BCUT2D eigenvalue weighted by molar-refractivity contribution is -0.185. The molecule has 6 heteroatoms. The molecule has 0 radical (unpaired) electrons. The van der Waals surface area contributed by atoms with E-state index in [1.54, 1.807) is 0 Å². The summed E-state index contributed by atoms with van der Waals surface area (Å²) in [6.07, 6.45) is -3.44. The highest BCUT2D eigenvalue weighted by Gasteiger charge is 2.41. The topological polar surface area (TPSA) is 24.5 Å². The van der Waals surface area contributed by atoms with Crippen molar-refractivity contribution in [3.8, 4) is 0 Å². The second-order valence-electron chi connectivity index (χ2n) is 4.81. The van der Waals surface area contributed by atoms with Crippen LogP contribution in [-0.2, 0) is 4.74 Å². The van der Waals surface area contributed by atoms with Crippen molar-refractivity contribution in [1.82, 2.24) is 10.2 Å².